The van der Waals surface area contributed by atoms with Gasteiger partial charge in [0.05, 0.1) is 0 Å². The van der Waals surface area contributed by atoms with Crippen molar-refractivity contribution < 1.29 is 4.79 Å². The quantitative estimate of drug-likeness (QED) is 0.808. The first-order valence-electron chi connectivity index (χ1n) is 8.54. The fraction of sp³-hybridized carbons (Fsp3) is 0.611. The number of piperidine rings is 1. The summed E-state index contributed by atoms with van der Waals surface area (Å²) in [6, 6.07) is 5.61. The van der Waals surface area contributed by atoms with Crippen molar-refractivity contribution in [1.29, 1.82) is 0 Å². The first kappa shape index (κ1) is 19.8. The number of hydrogen-bond donors (Lipinski definition) is 1. The van der Waals surface area contributed by atoms with Crippen molar-refractivity contribution in [3.05, 3.63) is 33.8 Å². The normalized spacial score (nSPS) is 23.7. The number of rotatable bonds is 5. The van der Waals surface area contributed by atoms with Crippen LogP contribution in [0.1, 0.15) is 37.7 Å². The molecule has 2 unspecified atom stereocenters. The molecule has 1 N–H and O–H groups in total. The Balaban J connectivity index is 0.00000208. The fourth-order valence-electron chi connectivity index (χ4n) is 3.57. The smallest absolute Gasteiger partial charge is 0.226 e. The molecule has 1 amide bonds. The second-order valence-corrected chi connectivity index (χ2v) is 7.60. The first-order chi connectivity index (χ1) is 11.1. The van der Waals surface area contributed by atoms with Gasteiger partial charge in [-0.3, -0.25) is 4.79 Å². The summed E-state index contributed by atoms with van der Waals surface area (Å²) in [6.45, 7) is 6.02. The first-order valence-corrected chi connectivity index (χ1v) is 9.29. The van der Waals surface area contributed by atoms with Gasteiger partial charge in [-0.15, -0.1) is 12.4 Å². The number of amides is 1. The van der Waals surface area contributed by atoms with Gasteiger partial charge in [-0.05, 0) is 68.0 Å². The highest BCUT2D eigenvalue weighted by Gasteiger charge is 2.46. The van der Waals surface area contributed by atoms with Crippen molar-refractivity contribution in [3.63, 3.8) is 0 Å². The lowest BCUT2D eigenvalue weighted by Gasteiger charge is -2.32. The average molecular weight is 392 g/mol. The van der Waals surface area contributed by atoms with E-state index in [1.807, 2.05) is 12.1 Å². The van der Waals surface area contributed by atoms with E-state index in [1.165, 1.54) is 0 Å². The van der Waals surface area contributed by atoms with Gasteiger partial charge in [0.1, 0.15) is 0 Å². The van der Waals surface area contributed by atoms with Crippen LogP contribution in [0.2, 0.25) is 10.0 Å². The number of halogens is 3. The second kappa shape index (κ2) is 8.75. The molecule has 3 rings (SSSR count). The molecule has 134 valence electrons. The van der Waals surface area contributed by atoms with Crippen LogP contribution in [0.4, 0.5) is 0 Å². The predicted molar refractivity (Wildman–Crippen MR) is 102 cm³/mol. The molecule has 6 heteroatoms. The molecule has 3 nitrogen and oxygen atoms in total. The minimum absolute atomic E-state index is 0. The Hall–Kier alpha value is -0.480. The summed E-state index contributed by atoms with van der Waals surface area (Å²) in [6.07, 6.45) is 3.14. The number of hydrogen-bond acceptors (Lipinski definition) is 2. The van der Waals surface area contributed by atoms with Crippen LogP contribution in [-0.4, -0.2) is 37.0 Å². The van der Waals surface area contributed by atoms with E-state index in [0.29, 0.717) is 21.9 Å². The van der Waals surface area contributed by atoms with E-state index >= 15 is 0 Å². The fourth-order valence-corrected chi connectivity index (χ4v) is 4.11. The van der Waals surface area contributed by atoms with Gasteiger partial charge < -0.3 is 10.2 Å². The van der Waals surface area contributed by atoms with Crippen LogP contribution in [0.5, 0.6) is 0 Å². The SMILES string of the molecule is CCNCC1CCN(C(=O)C2CC2c2cc(Cl)cc(Cl)c2)CC1.Cl. The summed E-state index contributed by atoms with van der Waals surface area (Å²) in [7, 11) is 0. The molecule has 1 aliphatic carbocycles. The summed E-state index contributed by atoms with van der Waals surface area (Å²) < 4.78 is 0. The van der Waals surface area contributed by atoms with Gasteiger partial charge >= 0.3 is 0 Å². The summed E-state index contributed by atoms with van der Waals surface area (Å²) in [5, 5.41) is 4.70. The zero-order valence-corrected chi connectivity index (χ0v) is 16.3. The zero-order chi connectivity index (χ0) is 16.4. The Labute approximate surface area is 160 Å². The largest absolute Gasteiger partial charge is 0.342 e. The van der Waals surface area contributed by atoms with E-state index in [9.17, 15) is 4.79 Å². The Morgan fingerprint density at radius 3 is 2.42 bits per heavy atom. The minimum Gasteiger partial charge on any atom is -0.342 e. The summed E-state index contributed by atoms with van der Waals surface area (Å²) in [5.41, 5.74) is 1.10. The lowest BCUT2D eigenvalue weighted by atomic mass is 9.96. The molecule has 0 spiro atoms. The molecule has 1 aromatic carbocycles. The molecule has 1 aromatic rings. The molecule has 0 aromatic heterocycles. The Morgan fingerprint density at radius 2 is 1.83 bits per heavy atom. The Bertz CT molecular complexity index is 553. The minimum atomic E-state index is 0. The van der Waals surface area contributed by atoms with E-state index in [0.717, 1.165) is 51.0 Å². The zero-order valence-electron chi connectivity index (χ0n) is 13.9. The van der Waals surface area contributed by atoms with Crippen molar-refractivity contribution in [1.82, 2.24) is 10.2 Å². The van der Waals surface area contributed by atoms with E-state index < -0.39 is 0 Å². The number of likely N-dealkylation sites (tertiary alicyclic amines) is 1. The predicted octanol–water partition coefficient (Wildman–Crippen LogP) is 4.37. The lowest BCUT2D eigenvalue weighted by Crippen LogP contribution is -2.41. The average Bonchev–Trinajstić information content (AvgIpc) is 3.32. The third-order valence-corrected chi connectivity index (χ3v) is 5.47. The monoisotopic (exact) mass is 390 g/mol. The molecular weight excluding hydrogens is 367 g/mol. The van der Waals surface area contributed by atoms with Crippen LogP contribution >= 0.6 is 35.6 Å². The highest BCUT2D eigenvalue weighted by molar-refractivity contribution is 6.34. The maximum absolute atomic E-state index is 12.7. The molecule has 1 saturated carbocycles. The number of nitrogens with zero attached hydrogens (tertiary/aromatic N) is 1. The third-order valence-electron chi connectivity index (χ3n) is 5.03. The van der Waals surface area contributed by atoms with Crippen LogP contribution in [0, 0.1) is 11.8 Å². The molecule has 1 saturated heterocycles. The topological polar surface area (TPSA) is 32.3 Å². The van der Waals surface area contributed by atoms with Crippen LogP contribution in [0.15, 0.2) is 18.2 Å². The maximum Gasteiger partial charge on any atom is 0.226 e. The summed E-state index contributed by atoms with van der Waals surface area (Å²) in [4.78, 5) is 14.7. The van der Waals surface area contributed by atoms with Gasteiger partial charge in [-0.1, -0.05) is 30.1 Å². The van der Waals surface area contributed by atoms with Crippen molar-refractivity contribution in [3.8, 4) is 0 Å². The molecule has 2 fully saturated rings. The van der Waals surface area contributed by atoms with E-state index in [2.05, 4.69) is 17.1 Å². The summed E-state index contributed by atoms with van der Waals surface area (Å²) >= 11 is 12.1. The van der Waals surface area contributed by atoms with Crippen LogP contribution < -0.4 is 5.32 Å². The molecule has 24 heavy (non-hydrogen) atoms. The van der Waals surface area contributed by atoms with Crippen molar-refractivity contribution in [2.75, 3.05) is 26.2 Å². The highest BCUT2D eigenvalue weighted by Crippen LogP contribution is 2.49. The van der Waals surface area contributed by atoms with Gasteiger partial charge in [-0.25, -0.2) is 0 Å². The van der Waals surface area contributed by atoms with Crippen molar-refractivity contribution >= 4 is 41.5 Å². The molecule has 0 bridgehead atoms. The third kappa shape index (κ3) is 4.78. The van der Waals surface area contributed by atoms with Crippen LogP contribution in [0.3, 0.4) is 0 Å². The molecule has 0 radical (unpaired) electrons. The molecule has 1 aliphatic heterocycles. The van der Waals surface area contributed by atoms with Crippen molar-refractivity contribution in [2.45, 2.75) is 32.1 Å². The van der Waals surface area contributed by atoms with Gasteiger partial charge in [0.25, 0.3) is 0 Å². The van der Waals surface area contributed by atoms with Gasteiger partial charge in [0.15, 0.2) is 0 Å². The number of nitrogens with one attached hydrogen (secondary N) is 1. The highest BCUT2D eigenvalue weighted by atomic mass is 35.5. The Morgan fingerprint density at radius 1 is 1.21 bits per heavy atom. The number of benzene rings is 1. The van der Waals surface area contributed by atoms with Gasteiger partial charge in [-0.2, -0.15) is 0 Å². The lowest BCUT2D eigenvalue weighted by molar-refractivity contribution is -0.134. The van der Waals surface area contributed by atoms with Gasteiger partial charge in [0, 0.05) is 29.1 Å². The van der Waals surface area contributed by atoms with Gasteiger partial charge in [0.2, 0.25) is 5.91 Å². The number of carbonyl (C=O) groups excluding carboxylic acids is 1. The van der Waals surface area contributed by atoms with E-state index in [4.69, 9.17) is 23.2 Å². The molecule has 2 aliphatic rings. The maximum atomic E-state index is 12.7. The van der Waals surface area contributed by atoms with E-state index in [-0.39, 0.29) is 24.2 Å². The second-order valence-electron chi connectivity index (χ2n) is 6.73. The molecule has 2 atom stereocenters. The molecular formula is C18H25Cl3N2O. The molecule has 1 heterocycles. The van der Waals surface area contributed by atoms with Crippen LogP contribution in [-0.2, 0) is 4.79 Å². The Kier molecular flexibility index (Phi) is 7.23. The summed E-state index contributed by atoms with van der Waals surface area (Å²) in [5.74, 6) is 1.43. The van der Waals surface area contributed by atoms with Crippen molar-refractivity contribution in [2.24, 2.45) is 11.8 Å². The van der Waals surface area contributed by atoms with Crippen LogP contribution in [0.25, 0.3) is 0 Å². The number of carbonyl (C=O) groups is 1. The standard InChI is InChI=1S/C18H24Cl2N2O.ClH/c1-2-21-11-12-3-5-22(6-4-12)18(23)17-10-16(17)13-7-14(19)9-15(20)8-13;/h7-9,12,16-17,21H,2-6,10-11H2,1H3;1H. The van der Waals surface area contributed by atoms with E-state index in [1.54, 1.807) is 6.07 Å².